The Kier molecular flexibility index (Phi) is 3.03. The lowest BCUT2D eigenvalue weighted by Gasteiger charge is -2.11. The summed E-state index contributed by atoms with van der Waals surface area (Å²) in [6.45, 7) is 0. The maximum absolute atomic E-state index is 12.6. The number of fused-ring (bicyclic) bond motifs is 1. The normalized spacial score (nSPS) is 16.9. The Bertz CT molecular complexity index is 654. The maximum Gasteiger partial charge on any atom is 0.456 e. The molecule has 3 nitrogen and oxygen atoms in total. The molecule has 0 atom stereocenters. The third-order valence-corrected chi connectivity index (χ3v) is 3.84. The van der Waals surface area contributed by atoms with Crippen LogP contribution in [-0.2, 0) is 0 Å². The van der Waals surface area contributed by atoms with E-state index in [2.05, 4.69) is 4.98 Å². The highest BCUT2D eigenvalue weighted by atomic mass is 19.4. The molecule has 0 aliphatic heterocycles. The van der Waals surface area contributed by atoms with Crippen molar-refractivity contribution < 1.29 is 18.0 Å². The van der Waals surface area contributed by atoms with Gasteiger partial charge in [-0.1, -0.05) is 12.8 Å². The van der Waals surface area contributed by atoms with Crippen molar-refractivity contribution in [2.75, 3.05) is 0 Å². The molecule has 1 fully saturated rings. The zero-order valence-corrected chi connectivity index (χ0v) is 10.7. The molecule has 0 unspecified atom stereocenters. The van der Waals surface area contributed by atoms with Crippen LogP contribution in [0.1, 0.15) is 47.8 Å². The van der Waals surface area contributed by atoms with Crippen molar-refractivity contribution in [2.45, 2.75) is 37.8 Å². The van der Waals surface area contributed by atoms with Gasteiger partial charge in [-0.25, -0.2) is 0 Å². The van der Waals surface area contributed by atoms with Crippen molar-refractivity contribution in [3.05, 3.63) is 35.9 Å². The molecule has 0 saturated heterocycles. The first-order chi connectivity index (χ1) is 9.48. The van der Waals surface area contributed by atoms with Gasteiger partial charge in [-0.15, -0.1) is 0 Å². The van der Waals surface area contributed by atoms with Crippen LogP contribution in [0.5, 0.6) is 0 Å². The molecule has 0 N–H and O–H groups in total. The Morgan fingerprint density at radius 3 is 2.60 bits per heavy atom. The zero-order valence-electron chi connectivity index (χ0n) is 10.7. The largest absolute Gasteiger partial charge is 0.456 e. The molecule has 2 aromatic heterocycles. The van der Waals surface area contributed by atoms with Crippen molar-refractivity contribution in [1.29, 1.82) is 0 Å². The van der Waals surface area contributed by atoms with Gasteiger partial charge in [-0.05, 0) is 25.0 Å². The quantitative estimate of drug-likeness (QED) is 0.786. The van der Waals surface area contributed by atoms with Crippen LogP contribution in [-0.4, -0.2) is 21.3 Å². The van der Waals surface area contributed by atoms with Gasteiger partial charge < -0.3 is 4.40 Å². The first kappa shape index (κ1) is 13.1. The highest BCUT2D eigenvalue weighted by Gasteiger charge is 2.41. The summed E-state index contributed by atoms with van der Waals surface area (Å²) in [5, 5.41) is 0. The zero-order chi connectivity index (χ0) is 14.3. The Morgan fingerprint density at radius 1 is 1.25 bits per heavy atom. The second-order valence-corrected chi connectivity index (χ2v) is 5.09. The number of Topliss-reactive ketones (excluding diaryl/α,β-unsaturated/α-hetero) is 1. The predicted octanol–water partition coefficient (Wildman–Crippen LogP) is 3.74. The third-order valence-electron chi connectivity index (χ3n) is 3.84. The summed E-state index contributed by atoms with van der Waals surface area (Å²) in [6.07, 6.45) is 2.25. The summed E-state index contributed by atoms with van der Waals surface area (Å²) in [6, 6.07) is 2.78. The fourth-order valence-corrected chi connectivity index (χ4v) is 2.91. The number of rotatable bonds is 2. The second-order valence-electron chi connectivity index (χ2n) is 5.09. The molecule has 6 heteroatoms. The number of aromatic nitrogens is 2. The lowest BCUT2D eigenvalue weighted by atomic mass is 10.0. The van der Waals surface area contributed by atoms with Crippen molar-refractivity contribution >= 4 is 11.3 Å². The highest BCUT2D eigenvalue weighted by Crippen LogP contribution is 2.35. The van der Waals surface area contributed by atoms with Crippen LogP contribution in [0.2, 0.25) is 0 Å². The number of carbonyl (C=O) groups is 1. The molecule has 0 aromatic carbocycles. The van der Waals surface area contributed by atoms with E-state index in [9.17, 15) is 18.0 Å². The van der Waals surface area contributed by atoms with E-state index in [1.165, 1.54) is 22.9 Å². The molecule has 1 aliphatic rings. The van der Waals surface area contributed by atoms with Crippen molar-refractivity contribution in [2.24, 2.45) is 0 Å². The minimum Gasteiger partial charge on any atom is -0.310 e. The van der Waals surface area contributed by atoms with Gasteiger partial charge >= 0.3 is 6.18 Å². The Labute approximate surface area is 113 Å². The molecule has 2 aromatic rings. The third kappa shape index (κ3) is 2.09. The average Bonchev–Trinajstić information content (AvgIpc) is 3.05. The number of hydrogen-bond donors (Lipinski definition) is 0. The second kappa shape index (κ2) is 4.61. The number of carbonyl (C=O) groups excluding carboxylic acids is 1. The molecule has 1 aliphatic carbocycles. The molecule has 106 valence electrons. The van der Waals surface area contributed by atoms with Crippen LogP contribution < -0.4 is 0 Å². The summed E-state index contributed by atoms with van der Waals surface area (Å²) in [4.78, 5) is 15.7. The van der Waals surface area contributed by atoms with Crippen LogP contribution in [0.3, 0.4) is 0 Å². The molecular weight excluding hydrogens is 269 g/mol. The van der Waals surface area contributed by atoms with Gasteiger partial charge in [0.25, 0.3) is 5.78 Å². The lowest BCUT2D eigenvalue weighted by molar-refractivity contribution is -0.0888. The van der Waals surface area contributed by atoms with Gasteiger partial charge in [0.15, 0.2) is 0 Å². The van der Waals surface area contributed by atoms with Gasteiger partial charge in [0.2, 0.25) is 0 Å². The van der Waals surface area contributed by atoms with E-state index in [1.807, 2.05) is 0 Å². The van der Waals surface area contributed by atoms with E-state index in [4.69, 9.17) is 0 Å². The first-order valence-corrected chi connectivity index (χ1v) is 6.56. The maximum atomic E-state index is 12.6. The van der Waals surface area contributed by atoms with Crippen LogP contribution in [0.15, 0.2) is 24.5 Å². The minimum atomic E-state index is -4.86. The van der Waals surface area contributed by atoms with Crippen molar-refractivity contribution in [3.8, 4) is 0 Å². The predicted molar refractivity (Wildman–Crippen MR) is 66.8 cm³/mol. The van der Waals surface area contributed by atoms with Crippen LogP contribution >= 0.6 is 0 Å². The summed E-state index contributed by atoms with van der Waals surface area (Å²) in [7, 11) is 0. The number of ketones is 1. The fourth-order valence-electron chi connectivity index (χ4n) is 2.91. The SMILES string of the molecule is O=C(c1ccc2c(C3CCCC3)nccn12)C(F)(F)F. The number of nitrogens with zero attached hydrogens (tertiary/aromatic N) is 2. The van der Waals surface area contributed by atoms with E-state index in [0.29, 0.717) is 5.52 Å². The topological polar surface area (TPSA) is 34.4 Å². The molecule has 3 rings (SSSR count). The molecule has 0 amide bonds. The van der Waals surface area contributed by atoms with Gasteiger partial charge in [0, 0.05) is 18.3 Å². The van der Waals surface area contributed by atoms with E-state index in [0.717, 1.165) is 31.4 Å². The van der Waals surface area contributed by atoms with Crippen LogP contribution in [0.25, 0.3) is 5.52 Å². The molecule has 0 radical (unpaired) electrons. The van der Waals surface area contributed by atoms with Crippen molar-refractivity contribution in [3.63, 3.8) is 0 Å². The van der Waals surface area contributed by atoms with E-state index in [1.54, 1.807) is 6.07 Å². The smallest absolute Gasteiger partial charge is 0.310 e. The van der Waals surface area contributed by atoms with Crippen LogP contribution in [0.4, 0.5) is 13.2 Å². The summed E-state index contributed by atoms with van der Waals surface area (Å²) < 4.78 is 39.0. The monoisotopic (exact) mass is 282 g/mol. The van der Waals surface area contributed by atoms with E-state index < -0.39 is 12.0 Å². The molecule has 0 bridgehead atoms. The summed E-state index contributed by atoms with van der Waals surface area (Å²) >= 11 is 0. The molecule has 0 spiro atoms. The van der Waals surface area contributed by atoms with Gasteiger partial charge in [-0.2, -0.15) is 13.2 Å². The summed E-state index contributed by atoms with van der Waals surface area (Å²) in [5.41, 5.74) is 1.05. The first-order valence-electron chi connectivity index (χ1n) is 6.56. The molecule has 20 heavy (non-hydrogen) atoms. The van der Waals surface area contributed by atoms with Crippen LogP contribution in [0, 0.1) is 0 Å². The summed E-state index contributed by atoms with van der Waals surface area (Å²) in [5.74, 6) is -1.54. The lowest BCUT2D eigenvalue weighted by Crippen LogP contribution is -2.24. The average molecular weight is 282 g/mol. The standard InChI is InChI=1S/C14H13F3N2O/c15-14(16,17)13(20)11-6-5-10-12(9-3-1-2-4-9)18-7-8-19(10)11/h5-9H,1-4H2. The number of halogens is 3. The van der Waals surface area contributed by atoms with E-state index >= 15 is 0 Å². The fraction of sp³-hybridized carbons (Fsp3) is 0.429. The molecular formula is C14H13F3N2O. The number of hydrogen-bond acceptors (Lipinski definition) is 2. The Hall–Kier alpha value is -1.85. The Morgan fingerprint density at radius 2 is 1.95 bits per heavy atom. The minimum absolute atomic E-state index is 0.280. The van der Waals surface area contributed by atoms with E-state index in [-0.39, 0.29) is 11.6 Å². The molecule has 1 saturated carbocycles. The van der Waals surface area contributed by atoms with Gasteiger partial charge in [-0.3, -0.25) is 9.78 Å². The van der Waals surface area contributed by atoms with Gasteiger partial charge in [0.05, 0.1) is 16.9 Å². The Balaban J connectivity index is 2.10. The molecule has 2 heterocycles. The van der Waals surface area contributed by atoms with Gasteiger partial charge in [0.1, 0.15) is 0 Å². The van der Waals surface area contributed by atoms with Crippen molar-refractivity contribution in [1.82, 2.24) is 9.38 Å². The highest BCUT2D eigenvalue weighted by molar-refractivity contribution is 6.00. The number of alkyl halides is 3.